The fraction of sp³-hybridized carbons (Fsp3) is 0.600. The molecule has 0 bridgehead atoms. The summed E-state index contributed by atoms with van der Waals surface area (Å²) in [6.07, 6.45) is 1.26. The van der Waals surface area contributed by atoms with E-state index in [9.17, 15) is 5.11 Å². The predicted molar refractivity (Wildman–Crippen MR) is 70.7 cm³/mol. The molecule has 3 atom stereocenters. The number of para-hydroxylation sites is 1. The SMILES string of the molecule is CCCOc1ccccc1C(O)C1OCCC1C. The highest BCUT2D eigenvalue weighted by Gasteiger charge is 2.33. The van der Waals surface area contributed by atoms with Crippen LogP contribution in [0.5, 0.6) is 5.75 Å². The summed E-state index contributed by atoms with van der Waals surface area (Å²) in [5.74, 6) is 1.16. The maximum atomic E-state index is 10.5. The normalized spacial score (nSPS) is 25.1. The highest BCUT2D eigenvalue weighted by atomic mass is 16.5. The molecule has 1 aliphatic rings. The molecule has 1 N–H and O–H groups in total. The largest absolute Gasteiger partial charge is 0.493 e. The van der Waals surface area contributed by atoms with Crippen molar-refractivity contribution in [2.75, 3.05) is 13.2 Å². The van der Waals surface area contributed by atoms with Crippen molar-refractivity contribution in [3.63, 3.8) is 0 Å². The van der Waals surface area contributed by atoms with E-state index in [-0.39, 0.29) is 6.10 Å². The van der Waals surface area contributed by atoms with Gasteiger partial charge < -0.3 is 14.6 Å². The lowest BCUT2D eigenvalue weighted by Crippen LogP contribution is -2.23. The molecule has 0 aromatic heterocycles. The Kier molecular flexibility index (Phi) is 4.61. The number of rotatable bonds is 5. The Balaban J connectivity index is 2.15. The summed E-state index contributed by atoms with van der Waals surface area (Å²) in [7, 11) is 0. The highest BCUT2D eigenvalue weighted by Crippen LogP contribution is 2.35. The summed E-state index contributed by atoms with van der Waals surface area (Å²) in [4.78, 5) is 0. The van der Waals surface area contributed by atoms with Crippen molar-refractivity contribution >= 4 is 0 Å². The average Bonchev–Trinajstić information content (AvgIpc) is 2.82. The first-order valence-corrected chi connectivity index (χ1v) is 6.75. The van der Waals surface area contributed by atoms with Crippen LogP contribution in [0, 0.1) is 5.92 Å². The Labute approximate surface area is 109 Å². The first-order chi connectivity index (χ1) is 8.74. The zero-order valence-electron chi connectivity index (χ0n) is 11.1. The molecule has 0 aliphatic carbocycles. The van der Waals surface area contributed by atoms with Gasteiger partial charge in [-0.2, -0.15) is 0 Å². The van der Waals surface area contributed by atoms with Crippen LogP contribution in [0.2, 0.25) is 0 Å². The molecular weight excluding hydrogens is 228 g/mol. The van der Waals surface area contributed by atoms with E-state index in [1.165, 1.54) is 0 Å². The van der Waals surface area contributed by atoms with Crippen LogP contribution in [0.1, 0.15) is 38.4 Å². The third-order valence-electron chi connectivity index (χ3n) is 3.45. The molecule has 100 valence electrons. The summed E-state index contributed by atoms with van der Waals surface area (Å²) < 4.78 is 11.3. The molecular formula is C15H22O3. The van der Waals surface area contributed by atoms with Crippen LogP contribution in [0.25, 0.3) is 0 Å². The molecule has 1 aliphatic heterocycles. The van der Waals surface area contributed by atoms with E-state index in [1.54, 1.807) is 0 Å². The molecule has 2 rings (SSSR count). The monoisotopic (exact) mass is 250 g/mol. The lowest BCUT2D eigenvalue weighted by Gasteiger charge is -2.23. The van der Waals surface area contributed by atoms with Crippen LogP contribution in [-0.2, 0) is 4.74 Å². The molecule has 1 aromatic rings. The van der Waals surface area contributed by atoms with E-state index in [4.69, 9.17) is 9.47 Å². The third-order valence-corrected chi connectivity index (χ3v) is 3.45. The van der Waals surface area contributed by atoms with Crippen LogP contribution in [0.3, 0.4) is 0 Å². The van der Waals surface area contributed by atoms with Gasteiger partial charge in [-0.15, -0.1) is 0 Å². The Morgan fingerprint density at radius 3 is 2.89 bits per heavy atom. The Hall–Kier alpha value is -1.06. The quantitative estimate of drug-likeness (QED) is 0.873. The second kappa shape index (κ2) is 6.21. The lowest BCUT2D eigenvalue weighted by molar-refractivity contribution is -0.0189. The topological polar surface area (TPSA) is 38.7 Å². The maximum Gasteiger partial charge on any atom is 0.125 e. The molecule has 0 amide bonds. The predicted octanol–water partition coefficient (Wildman–Crippen LogP) is 2.93. The van der Waals surface area contributed by atoms with Crippen molar-refractivity contribution in [3.05, 3.63) is 29.8 Å². The minimum Gasteiger partial charge on any atom is -0.493 e. The van der Waals surface area contributed by atoms with Gasteiger partial charge in [-0.25, -0.2) is 0 Å². The van der Waals surface area contributed by atoms with Crippen LogP contribution in [0.4, 0.5) is 0 Å². The zero-order chi connectivity index (χ0) is 13.0. The van der Waals surface area contributed by atoms with E-state index in [1.807, 2.05) is 24.3 Å². The zero-order valence-corrected chi connectivity index (χ0v) is 11.1. The third kappa shape index (κ3) is 2.85. The van der Waals surface area contributed by atoms with Gasteiger partial charge in [0.25, 0.3) is 0 Å². The first kappa shape index (κ1) is 13.4. The van der Waals surface area contributed by atoms with Gasteiger partial charge in [0.2, 0.25) is 0 Å². The molecule has 1 fully saturated rings. The molecule has 3 nitrogen and oxygen atoms in total. The van der Waals surface area contributed by atoms with Crippen molar-refractivity contribution in [1.82, 2.24) is 0 Å². The molecule has 0 saturated carbocycles. The fourth-order valence-corrected chi connectivity index (χ4v) is 2.37. The number of ether oxygens (including phenoxy) is 2. The number of benzene rings is 1. The Morgan fingerprint density at radius 2 is 2.22 bits per heavy atom. The molecule has 1 saturated heterocycles. The number of hydrogen-bond donors (Lipinski definition) is 1. The molecule has 1 aromatic carbocycles. The molecule has 0 radical (unpaired) electrons. The molecule has 0 spiro atoms. The minimum atomic E-state index is -0.601. The van der Waals surface area contributed by atoms with E-state index >= 15 is 0 Å². The second-order valence-corrected chi connectivity index (χ2v) is 4.93. The summed E-state index contributed by atoms with van der Waals surface area (Å²) in [6.45, 7) is 5.60. The van der Waals surface area contributed by atoms with Gasteiger partial charge in [-0.1, -0.05) is 32.0 Å². The van der Waals surface area contributed by atoms with Gasteiger partial charge in [-0.3, -0.25) is 0 Å². The Morgan fingerprint density at radius 1 is 1.44 bits per heavy atom. The van der Waals surface area contributed by atoms with Gasteiger partial charge in [0, 0.05) is 12.2 Å². The van der Waals surface area contributed by atoms with E-state index < -0.39 is 6.10 Å². The summed E-state index contributed by atoms with van der Waals surface area (Å²) in [6, 6.07) is 7.69. The van der Waals surface area contributed by atoms with Crippen molar-refractivity contribution in [2.45, 2.75) is 38.9 Å². The standard InChI is InChI=1S/C15H22O3/c1-3-9-17-13-7-5-4-6-12(13)14(16)15-11(2)8-10-18-15/h4-7,11,14-16H,3,8-10H2,1-2H3. The van der Waals surface area contributed by atoms with Crippen LogP contribution < -0.4 is 4.74 Å². The summed E-state index contributed by atoms with van der Waals surface area (Å²) in [5, 5.41) is 10.5. The van der Waals surface area contributed by atoms with E-state index in [0.717, 1.165) is 30.8 Å². The fourth-order valence-electron chi connectivity index (χ4n) is 2.37. The summed E-state index contributed by atoms with van der Waals surface area (Å²) >= 11 is 0. The van der Waals surface area contributed by atoms with Gasteiger partial charge in [0.15, 0.2) is 0 Å². The van der Waals surface area contributed by atoms with Crippen LogP contribution in [0.15, 0.2) is 24.3 Å². The molecule has 1 heterocycles. The van der Waals surface area contributed by atoms with Crippen molar-refractivity contribution in [1.29, 1.82) is 0 Å². The number of aliphatic hydroxyl groups is 1. The molecule has 18 heavy (non-hydrogen) atoms. The van der Waals surface area contributed by atoms with E-state index in [2.05, 4.69) is 13.8 Å². The first-order valence-electron chi connectivity index (χ1n) is 6.75. The smallest absolute Gasteiger partial charge is 0.125 e. The van der Waals surface area contributed by atoms with E-state index in [0.29, 0.717) is 12.5 Å². The van der Waals surface area contributed by atoms with Gasteiger partial charge in [0.1, 0.15) is 11.9 Å². The lowest BCUT2D eigenvalue weighted by atomic mass is 9.94. The van der Waals surface area contributed by atoms with Gasteiger partial charge in [0.05, 0.1) is 12.7 Å². The Bertz CT molecular complexity index is 378. The second-order valence-electron chi connectivity index (χ2n) is 4.93. The maximum absolute atomic E-state index is 10.5. The van der Waals surface area contributed by atoms with Gasteiger partial charge in [-0.05, 0) is 24.8 Å². The van der Waals surface area contributed by atoms with Crippen molar-refractivity contribution in [3.8, 4) is 5.75 Å². The minimum absolute atomic E-state index is 0.114. The van der Waals surface area contributed by atoms with Crippen LogP contribution in [-0.4, -0.2) is 24.4 Å². The molecule has 3 unspecified atom stereocenters. The molecule has 3 heteroatoms. The van der Waals surface area contributed by atoms with Gasteiger partial charge >= 0.3 is 0 Å². The summed E-state index contributed by atoms with van der Waals surface area (Å²) in [5.41, 5.74) is 0.838. The number of hydrogen-bond acceptors (Lipinski definition) is 3. The van der Waals surface area contributed by atoms with Crippen molar-refractivity contribution < 1.29 is 14.6 Å². The number of aliphatic hydroxyl groups excluding tert-OH is 1. The van der Waals surface area contributed by atoms with Crippen LogP contribution >= 0.6 is 0 Å². The van der Waals surface area contributed by atoms with Crippen molar-refractivity contribution in [2.24, 2.45) is 5.92 Å². The highest BCUT2D eigenvalue weighted by molar-refractivity contribution is 5.35. The average molecular weight is 250 g/mol.